The first-order valence-corrected chi connectivity index (χ1v) is 11.4. The third kappa shape index (κ3) is 4.38. The lowest BCUT2D eigenvalue weighted by Gasteiger charge is -2.18. The minimum atomic E-state index is -0.709. The van der Waals surface area contributed by atoms with Crippen molar-refractivity contribution in [3.8, 4) is 0 Å². The molecule has 0 radical (unpaired) electrons. The summed E-state index contributed by atoms with van der Waals surface area (Å²) in [7, 11) is 1.31. The van der Waals surface area contributed by atoms with Crippen LogP contribution in [-0.2, 0) is 33.6 Å². The molecule has 9 heteroatoms. The maximum Gasteiger partial charge on any atom is 0.341 e. The van der Waals surface area contributed by atoms with Crippen molar-refractivity contribution in [2.45, 2.75) is 38.6 Å². The second-order valence-corrected chi connectivity index (χ2v) is 9.32. The van der Waals surface area contributed by atoms with Gasteiger partial charge in [-0.25, -0.2) is 9.59 Å². The highest BCUT2D eigenvalue weighted by atomic mass is 32.1. The molecule has 1 aromatic carbocycles. The van der Waals surface area contributed by atoms with Gasteiger partial charge < -0.3 is 15.4 Å². The van der Waals surface area contributed by atoms with Crippen molar-refractivity contribution in [1.29, 1.82) is 0 Å². The highest BCUT2D eigenvalue weighted by Gasteiger charge is 2.39. The lowest BCUT2D eigenvalue weighted by atomic mass is 9.88. The molecular formula is C23H25N3O5S. The van der Waals surface area contributed by atoms with Crippen LogP contribution in [0.2, 0.25) is 0 Å². The van der Waals surface area contributed by atoms with Crippen molar-refractivity contribution in [2.75, 3.05) is 19.0 Å². The summed E-state index contributed by atoms with van der Waals surface area (Å²) in [4.78, 5) is 52.2. The molecule has 168 valence electrons. The van der Waals surface area contributed by atoms with Gasteiger partial charge in [-0.2, -0.15) is 0 Å². The maximum atomic E-state index is 12.7. The Morgan fingerprint density at radius 2 is 2.00 bits per heavy atom. The maximum absolute atomic E-state index is 12.7. The number of hydrogen-bond acceptors (Lipinski definition) is 6. The monoisotopic (exact) mass is 455 g/mol. The van der Waals surface area contributed by atoms with Crippen molar-refractivity contribution in [3.63, 3.8) is 0 Å². The zero-order valence-corrected chi connectivity index (χ0v) is 18.8. The number of urea groups is 1. The van der Waals surface area contributed by atoms with Gasteiger partial charge in [0.05, 0.1) is 12.7 Å². The summed E-state index contributed by atoms with van der Waals surface area (Å²) in [5.41, 5.74) is 2.22. The minimum Gasteiger partial charge on any atom is -0.465 e. The molecule has 2 aromatic rings. The van der Waals surface area contributed by atoms with Crippen molar-refractivity contribution in [3.05, 3.63) is 51.9 Å². The number of carbonyl (C=O) groups is 4. The van der Waals surface area contributed by atoms with Crippen LogP contribution >= 0.6 is 11.3 Å². The highest BCUT2D eigenvalue weighted by molar-refractivity contribution is 7.17. The van der Waals surface area contributed by atoms with Crippen LogP contribution in [0.25, 0.3) is 0 Å². The fraction of sp³-hybridized carbons (Fsp3) is 0.391. The molecule has 0 spiro atoms. The molecule has 4 amide bonds. The Bertz CT molecular complexity index is 1070. The van der Waals surface area contributed by atoms with E-state index in [1.54, 1.807) is 0 Å². The molecule has 0 saturated carbocycles. The van der Waals surface area contributed by atoms with E-state index in [2.05, 4.69) is 17.6 Å². The zero-order chi connectivity index (χ0) is 22.8. The van der Waals surface area contributed by atoms with Crippen LogP contribution in [0, 0.1) is 5.92 Å². The van der Waals surface area contributed by atoms with Gasteiger partial charge >= 0.3 is 12.0 Å². The van der Waals surface area contributed by atoms with Crippen LogP contribution < -0.4 is 10.6 Å². The summed E-state index contributed by atoms with van der Waals surface area (Å²) in [5, 5.41) is 5.79. The molecule has 1 aliphatic heterocycles. The van der Waals surface area contributed by atoms with Gasteiger partial charge in [0, 0.05) is 11.3 Å². The van der Waals surface area contributed by atoms with Crippen molar-refractivity contribution in [2.24, 2.45) is 5.92 Å². The first-order valence-electron chi connectivity index (χ1n) is 10.6. The molecular weight excluding hydrogens is 430 g/mol. The fourth-order valence-electron chi connectivity index (χ4n) is 4.18. The molecule has 2 N–H and O–H groups in total. The number of anilines is 1. The van der Waals surface area contributed by atoms with Crippen LogP contribution in [-0.4, -0.2) is 48.4 Å². The third-order valence-electron chi connectivity index (χ3n) is 5.85. The summed E-state index contributed by atoms with van der Waals surface area (Å²) in [6.07, 6.45) is 2.91. The van der Waals surface area contributed by atoms with Crippen LogP contribution in [0.4, 0.5) is 9.80 Å². The van der Waals surface area contributed by atoms with E-state index in [9.17, 15) is 19.2 Å². The number of fused-ring (bicyclic) bond motifs is 1. The molecule has 1 fully saturated rings. The van der Waals surface area contributed by atoms with Gasteiger partial charge in [-0.05, 0) is 36.3 Å². The first-order chi connectivity index (χ1) is 15.4. The number of hydrogen-bond donors (Lipinski definition) is 2. The van der Waals surface area contributed by atoms with Gasteiger partial charge in [0.1, 0.15) is 17.6 Å². The van der Waals surface area contributed by atoms with E-state index in [1.165, 1.54) is 18.4 Å². The predicted molar refractivity (Wildman–Crippen MR) is 120 cm³/mol. The molecule has 8 nitrogen and oxygen atoms in total. The number of amides is 4. The molecule has 32 heavy (non-hydrogen) atoms. The first kappa shape index (κ1) is 22.0. The number of imide groups is 1. The summed E-state index contributed by atoms with van der Waals surface area (Å²) in [6, 6.07) is 8.05. The van der Waals surface area contributed by atoms with E-state index in [0.717, 1.165) is 40.2 Å². The van der Waals surface area contributed by atoms with Gasteiger partial charge in [-0.15, -0.1) is 11.3 Å². The van der Waals surface area contributed by atoms with E-state index < -0.39 is 36.4 Å². The molecule has 1 saturated heterocycles. The van der Waals surface area contributed by atoms with E-state index in [4.69, 9.17) is 4.74 Å². The summed E-state index contributed by atoms with van der Waals surface area (Å²) in [6.45, 7) is 1.73. The number of esters is 1. The van der Waals surface area contributed by atoms with Crippen LogP contribution in [0.1, 0.15) is 39.7 Å². The lowest BCUT2D eigenvalue weighted by Crippen LogP contribution is -2.38. The normalized spacial score (nSPS) is 20.0. The average molecular weight is 456 g/mol. The van der Waals surface area contributed by atoms with E-state index in [-0.39, 0.29) is 0 Å². The zero-order valence-electron chi connectivity index (χ0n) is 18.0. The average Bonchev–Trinajstić information content (AvgIpc) is 3.25. The second-order valence-electron chi connectivity index (χ2n) is 8.21. The van der Waals surface area contributed by atoms with Crippen molar-refractivity contribution >= 4 is 40.2 Å². The SMILES string of the molecule is COC(=O)c1c(NC(=O)CN2C(=O)NC(Cc3ccccc3)C2=O)sc2c1CCC(C)C2. The van der Waals surface area contributed by atoms with Crippen LogP contribution in [0.5, 0.6) is 0 Å². The van der Waals surface area contributed by atoms with Crippen molar-refractivity contribution < 1.29 is 23.9 Å². The number of nitrogens with zero attached hydrogens (tertiary/aromatic N) is 1. The Morgan fingerprint density at radius 1 is 1.25 bits per heavy atom. The number of ether oxygens (including phenoxy) is 1. The number of methoxy groups -OCH3 is 1. The fourth-order valence-corrected chi connectivity index (χ4v) is 5.60. The van der Waals surface area contributed by atoms with Crippen LogP contribution in [0.3, 0.4) is 0 Å². The molecule has 1 aliphatic carbocycles. The number of carbonyl (C=O) groups excluding carboxylic acids is 4. The lowest BCUT2D eigenvalue weighted by molar-refractivity contribution is -0.130. The standard InChI is InChI=1S/C23H25N3O5S/c1-13-8-9-15-17(10-13)32-20(19(15)22(29)31-2)25-18(27)12-26-21(28)16(24-23(26)30)11-14-6-4-3-5-7-14/h3-7,13,16H,8-12H2,1-2H3,(H,24,30)(H,25,27). The van der Waals surface area contributed by atoms with E-state index in [0.29, 0.717) is 22.9 Å². The quantitative estimate of drug-likeness (QED) is 0.515. The molecule has 2 unspecified atom stereocenters. The van der Waals surface area contributed by atoms with Gasteiger partial charge in [0.25, 0.3) is 5.91 Å². The summed E-state index contributed by atoms with van der Waals surface area (Å²) >= 11 is 1.36. The topological polar surface area (TPSA) is 105 Å². The van der Waals surface area contributed by atoms with Crippen LogP contribution in [0.15, 0.2) is 30.3 Å². The smallest absolute Gasteiger partial charge is 0.341 e. The molecule has 0 bridgehead atoms. The number of thiophene rings is 1. The molecule has 1 aromatic heterocycles. The Hall–Kier alpha value is -3.20. The van der Waals surface area contributed by atoms with Gasteiger partial charge in [0.2, 0.25) is 5.91 Å². The Morgan fingerprint density at radius 3 is 2.72 bits per heavy atom. The molecule has 2 aliphatic rings. The molecule has 4 rings (SSSR count). The number of nitrogens with one attached hydrogen (secondary N) is 2. The van der Waals surface area contributed by atoms with Gasteiger partial charge in [0.15, 0.2) is 0 Å². The Labute approximate surface area is 189 Å². The van der Waals surface area contributed by atoms with Gasteiger partial charge in [-0.3, -0.25) is 14.5 Å². The summed E-state index contributed by atoms with van der Waals surface area (Å²) < 4.78 is 4.94. The van der Waals surface area contributed by atoms with E-state index >= 15 is 0 Å². The number of rotatable bonds is 6. The Kier molecular flexibility index (Phi) is 6.27. The number of benzene rings is 1. The predicted octanol–water partition coefficient (Wildman–Crippen LogP) is 2.76. The summed E-state index contributed by atoms with van der Waals surface area (Å²) in [5.74, 6) is -0.972. The molecule has 2 heterocycles. The highest BCUT2D eigenvalue weighted by Crippen LogP contribution is 2.40. The van der Waals surface area contributed by atoms with Gasteiger partial charge in [-0.1, -0.05) is 37.3 Å². The second kappa shape index (κ2) is 9.12. The van der Waals surface area contributed by atoms with Crippen molar-refractivity contribution in [1.82, 2.24) is 10.2 Å². The third-order valence-corrected chi connectivity index (χ3v) is 7.02. The van der Waals surface area contributed by atoms with E-state index in [1.807, 2.05) is 30.3 Å². The largest absolute Gasteiger partial charge is 0.465 e. The molecule has 2 atom stereocenters. The Balaban J connectivity index is 1.46. The minimum absolute atomic E-state index is 0.353.